The van der Waals surface area contributed by atoms with Crippen LogP contribution in [0, 0.1) is 0 Å². The van der Waals surface area contributed by atoms with E-state index < -0.39 is 0 Å². The van der Waals surface area contributed by atoms with E-state index >= 15 is 0 Å². The van der Waals surface area contributed by atoms with Crippen LogP contribution in [-0.4, -0.2) is 48.6 Å². The summed E-state index contributed by atoms with van der Waals surface area (Å²) in [5.74, 6) is 0.270. The van der Waals surface area contributed by atoms with Crippen LogP contribution in [0.15, 0.2) is 48.7 Å². The van der Waals surface area contributed by atoms with Gasteiger partial charge in [-0.05, 0) is 56.5 Å². The third-order valence-corrected chi connectivity index (χ3v) is 4.83. The minimum Gasteiger partial charge on any atom is -0.480 e. The van der Waals surface area contributed by atoms with Crippen molar-refractivity contribution in [2.45, 2.75) is 31.7 Å². The zero-order chi connectivity index (χ0) is 18.2. The van der Waals surface area contributed by atoms with Gasteiger partial charge in [-0.25, -0.2) is 4.98 Å². The molecule has 0 radical (unpaired) electrons. The molecule has 1 fully saturated rings. The van der Waals surface area contributed by atoms with Crippen molar-refractivity contribution in [3.63, 3.8) is 0 Å². The Bertz CT molecular complexity index is 705. The van der Waals surface area contributed by atoms with Gasteiger partial charge in [-0.2, -0.15) is 0 Å². The second kappa shape index (κ2) is 9.34. The Labute approximate surface area is 155 Å². The highest BCUT2D eigenvalue weighted by Crippen LogP contribution is 2.16. The molecule has 0 bridgehead atoms. The number of methoxy groups -OCH3 is 1. The Balaban J connectivity index is 1.48. The first-order valence-corrected chi connectivity index (χ1v) is 9.32. The van der Waals surface area contributed by atoms with Gasteiger partial charge in [0.2, 0.25) is 5.88 Å². The van der Waals surface area contributed by atoms with Gasteiger partial charge in [-0.3, -0.25) is 4.79 Å². The number of carbonyl (C=O) groups is 1. The molecule has 1 saturated heterocycles. The maximum atomic E-state index is 12.5. The Hall–Kier alpha value is -2.40. The van der Waals surface area contributed by atoms with Crippen LogP contribution in [0.3, 0.4) is 0 Å². The van der Waals surface area contributed by atoms with E-state index in [0.717, 1.165) is 45.3 Å². The molecule has 5 heteroatoms. The molecule has 0 spiro atoms. The molecule has 2 heterocycles. The summed E-state index contributed by atoms with van der Waals surface area (Å²) in [6.45, 7) is 3.08. The predicted molar refractivity (Wildman–Crippen MR) is 102 cm³/mol. The van der Waals surface area contributed by atoms with Crippen LogP contribution in [-0.2, 0) is 6.42 Å². The molecular formula is C21H27N3O2. The van der Waals surface area contributed by atoms with Crippen molar-refractivity contribution in [3.8, 4) is 5.88 Å². The fourth-order valence-electron chi connectivity index (χ4n) is 3.52. The molecule has 138 valence electrons. The normalized spacial score (nSPS) is 17.7. The molecule has 26 heavy (non-hydrogen) atoms. The second-order valence-electron chi connectivity index (χ2n) is 6.76. The number of ether oxygens (including phenoxy) is 1. The standard InChI is InChI=1S/C21H27N3O2/c1-26-21-19(12-5-13-22-21)20(25)23-18-11-7-15-24(16-18)14-6-10-17-8-3-2-4-9-17/h2-5,8-9,12-13,18H,6-7,10-11,14-16H2,1H3,(H,23,25). The number of nitrogens with zero attached hydrogens (tertiary/aromatic N) is 2. The van der Waals surface area contributed by atoms with Crippen molar-refractivity contribution in [2.75, 3.05) is 26.7 Å². The molecule has 0 saturated carbocycles. The first kappa shape index (κ1) is 18.4. The number of hydrogen-bond acceptors (Lipinski definition) is 4. The van der Waals surface area contributed by atoms with E-state index in [1.165, 1.54) is 12.7 Å². The van der Waals surface area contributed by atoms with Gasteiger partial charge in [0, 0.05) is 18.8 Å². The van der Waals surface area contributed by atoms with E-state index in [-0.39, 0.29) is 11.9 Å². The molecular weight excluding hydrogens is 326 g/mol. The highest BCUT2D eigenvalue weighted by molar-refractivity contribution is 5.96. The summed E-state index contributed by atoms with van der Waals surface area (Å²) < 4.78 is 5.19. The molecule has 1 amide bonds. The number of nitrogens with one attached hydrogen (secondary N) is 1. The Kier molecular flexibility index (Phi) is 6.61. The van der Waals surface area contributed by atoms with Crippen LogP contribution in [0.5, 0.6) is 5.88 Å². The van der Waals surface area contributed by atoms with Crippen LogP contribution >= 0.6 is 0 Å². The number of aromatic nitrogens is 1. The van der Waals surface area contributed by atoms with Gasteiger partial charge in [0.15, 0.2) is 0 Å². The fourth-order valence-corrected chi connectivity index (χ4v) is 3.52. The quantitative estimate of drug-likeness (QED) is 0.832. The van der Waals surface area contributed by atoms with Crippen molar-refractivity contribution in [3.05, 3.63) is 59.8 Å². The van der Waals surface area contributed by atoms with Gasteiger partial charge >= 0.3 is 0 Å². The number of piperidine rings is 1. The maximum absolute atomic E-state index is 12.5. The summed E-state index contributed by atoms with van der Waals surface area (Å²) in [4.78, 5) is 19.1. The van der Waals surface area contributed by atoms with E-state index in [4.69, 9.17) is 4.74 Å². The van der Waals surface area contributed by atoms with Gasteiger partial charge in [-0.15, -0.1) is 0 Å². The van der Waals surface area contributed by atoms with Gasteiger partial charge in [0.05, 0.1) is 7.11 Å². The largest absolute Gasteiger partial charge is 0.480 e. The van der Waals surface area contributed by atoms with E-state index in [0.29, 0.717) is 11.4 Å². The zero-order valence-electron chi connectivity index (χ0n) is 15.4. The highest BCUT2D eigenvalue weighted by atomic mass is 16.5. The van der Waals surface area contributed by atoms with E-state index in [1.54, 1.807) is 18.3 Å². The summed E-state index contributed by atoms with van der Waals surface area (Å²) in [6.07, 6.45) is 6.00. The summed E-state index contributed by atoms with van der Waals surface area (Å²) in [5.41, 5.74) is 1.88. The first-order chi connectivity index (χ1) is 12.8. The number of likely N-dealkylation sites (tertiary alicyclic amines) is 1. The van der Waals surface area contributed by atoms with Crippen LogP contribution < -0.4 is 10.1 Å². The molecule has 1 aliphatic rings. The number of rotatable bonds is 7. The smallest absolute Gasteiger partial charge is 0.257 e. The Morgan fingerprint density at radius 2 is 2.12 bits per heavy atom. The number of benzene rings is 1. The molecule has 2 aromatic rings. The minimum absolute atomic E-state index is 0.105. The van der Waals surface area contributed by atoms with Crippen LogP contribution in [0.1, 0.15) is 35.2 Å². The van der Waals surface area contributed by atoms with E-state index in [9.17, 15) is 4.79 Å². The lowest BCUT2D eigenvalue weighted by atomic mass is 10.0. The lowest BCUT2D eigenvalue weighted by Gasteiger charge is -2.33. The minimum atomic E-state index is -0.105. The third-order valence-electron chi connectivity index (χ3n) is 4.83. The van der Waals surface area contributed by atoms with Crippen molar-refractivity contribution < 1.29 is 9.53 Å². The van der Waals surface area contributed by atoms with Crippen molar-refractivity contribution in [1.82, 2.24) is 15.2 Å². The molecule has 1 aromatic carbocycles. The molecule has 1 N–H and O–H groups in total. The van der Waals surface area contributed by atoms with E-state index in [2.05, 4.69) is 45.5 Å². The molecule has 1 aromatic heterocycles. The average Bonchev–Trinajstić information content (AvgIpc) is 2.69. The molecule has 3 rings (SSSR count). The number of amides is 1. The first-order valence-electron chi connectivity index (χ1n) is 9.32. The summed E-state index contributed by atoms with van der Waals surface area (Å²) in [7, 11) is 1.54. The number of aryl methyl sites for hydroxylation is 1. The molecule has 0 aliphatic carbocycles. The van der Waals surface area contributed by atoms with Gasteiger partial charge in [-0.1, -0.05) is 30.3 Å². The van der Waals surface area contributed by atoms with Crippen molar-refractivity contribution in [1.29, 1.82) is 0 Å². The molecule has 1 atom stereocenters. The summed E-state index contributed by atoms with van der Waals surface area (Å²) in [5, 5.41) is 3.15. The van der Waals surface area contributed by atoms with E-state index in [1.807, 2.05) is 0 Å². The molecule has 5 nitrogen and oxygen atoms in total. The second-order valence-corrected chi connectivity index (χ2v) is 6.76. The molecule has 1 unspecified atom stereocenters. The van der Waals surface area contributed by atoms with Crippen LogP contribution in [0.4, 0.5) is 0 Å². The van der Waals surface area contributed by atoms with Crippen molar-refractivity contribution >= 4 is 5.91 Å². The number of pyridine rings is 1. The topological polar surface area (TPSA) is 54.5 Å². The van der Waals surface area contributed by atoms with Gasteiger partial charge in [0.25, 0.3) is 5.91 Å². The zero-order valence-corrected chi connectivity index (χ0v) is 15.4. The van der Waals surface area contributed by atoms with Crippen LogP contribution in [0.2, 0.25) is 0 Å². The number of hydrogen-bond donors (Lipinski definition) is 1. The Morgan fingerprint density at radius 3 is 2.92 bits per heavy atom. The fraction of sp³-hybridized carbons (Fsp3) is 0.429. The third kappa shape index (κ3) is 5.05. The van der Waals surface area contributed by atoms with Gasteiger partial charge < -0.3 is 15.0 Å². The highest BCUT2D eigenvalue weighted by Gasteiger charge is 2.23. The predicted octanol–water partition coefficient (Wildman–Crippen LogP) is 2.92. The Morgan fingerprint density at radius 1 is 1.27 bits per heavy atom. The van der Waals surface area contributed by atoms with Crippen molar-refractivity contribution in [2.24, 2.45) is 0 Å². The monoisotopic (exact) mass is 353 g/mol. The average molecular weight is 353 g/mol. The molecule has 1 aliphatic heterocycles. The SMILES string of the molecule is COc1ncccc1C(=O)NC1CCCN(CCCc2ccccc2)C1. The van der Waals surface area contributed by atoms with Gasteiger partial charge in [0.1, 0.15) is 5.56 Å². The van der Waals surface area contributed by atoms with Crippen LogP contribution in [0.25, 0.3) is 0 Å². The maximum Gasteiger partial charge on any atom is 0.257 e. The lowest BCUT2D eigenvalue weighted by Crippen LogP contribution is -2.48. The lowest BCUT2D eigenvalue weighted by molar-refractivity contribution is 0.0899. The summed E-state index contributed by atoms with van der Waals surface area (Å²) in [6, 6.07) is 14.3. The number of carbonyl (C=O) groups excluding carboxylic acids is 1. The summed E-state index contributed by atoms with van der Waals surface area (Å²) >= 11 is 0.